The highest BCUT2D eigenvalue weighted by atomic mass is 16.5. The third-order valence-electron chi connectivity index (χ3n) is 4.24. The second kappa shape index (κ2) is 7.48. The fourth-order valence-electron chi connectivity index (χ4n) is 2.81. The molecule has 0 bridgehead atoms. The van der Waals surface area contributed by atoms with Gasteiger partial charge in [0.2, 0.25) is 5.95 Å². The van der Waals surface area contributed by atoms with Crippen molar-refractivity contribution < 1.29 is 4.74 Å². The van der Waals surface area contributed by atoms with Gasteiger partial charge in [0, 0.05) is 45.4 Å². The quantitative estimate of drug-likeness (QED) is 0.836. The van der Waals surface area contributed by atoms with Crippen LogP contribution in [0.5, 0.6) is 0 Å². The number of methoxy groups -OCH3 is 1. The van der Waals surface area contributed by atoms with Gasteiger partial charge in [-0.1, -0.05) is 24.3 Å². The summed E-state index contributed by atoms with van der Waals surface area (Å²) in [4.78, 5) is 9.33. The topological polar surface area (TPSA) is 54.4 Å². The number of hydrogen-bond donors (Lipinski definition) is 0. The Kier molecular flexibility index (Phi) is 5.15. The van der Waals surface area contributed by atoms with Crippen LogP contribution in [0, 0.1) is 6.92 Å². The molecule has 3 rings (SSSR count). The van der Waals surface area contributed by atoms with Gasteiger partial charge >= 0.3 is 0 Å². The van der Waals surface area contributed by atoms with Crippen LogP contribution in [-0.2, 0) is 4.74 Å². The SMILES string of the molecule is COCCN1CCN(c2nncc(-c3ccccc3C)n2)CC1. The molecule has 1 aromatic carbocycles. The van der Waals surface area contributed by atoms with Gasteiger partial charge in [0.25, 0.3) is 0 Å². The first-order chi connectivity index (χ1) is 11.3. The van der Waals surface area contributed by atoms with Crippen molar-refractivity contribution in [2.24, 2.45) is 0 Å². The number of hydrogen-bond acceptors (Lipinski definition) is 6. The van der Waals surface area contributed by atoms with E-state index in [2.05, 4.69) is 39.1 Å². The number of aryl methyl sites for hydroxylation is 1. The highest BCUT2D eigenvalue weighted by Gasteiger charge is 2.19. The standard InChI is InChI=1S/C17H23N5O/c1-14-5-3-4-6-15(14)16-13-18-20-17(19-16)22-9-7-21(8-10-22)11-12-23-2/h3-6,13H,7-12H2,1-2H3. The Hall–Kier alpha value is -2.05. The lowest BCUT2D eigenvalue weighted by atomic mass is 10.1. The van der Waals surface area contributed by atoms with E-state index in [0.29, 0.717) is 0 Å². The van der Waals surface area contributed by atoms with Crippen molar-refractivity contribution in [3.8, 4) is 11.3 Å². The van der Waals surface area contributed by atoms with Crippen LogP contribution < -0.4 is 4.90 Å². The number of benzene rings is 1. The van der Waals surface area contributed by atoms with Crippen molar-refractivity contribution >= 4 is 5.95 Å². The molecule has 6 heteroatoms. The Balaban J connectivity index is 1.70. The molecule has 1 fully saturated rings. The molecule has 2 aromatic rings. The van der Waals surface area contributed by atoms with E-state index in [1.54, 1.807) is 13.3 Å². The van der Waals surface area contributed by atoms with Crippen LogP contribution in [0.25, 0.3) is 11.3 Å². The zero-order valence-corrected chi connectivity index (χ0v) is 13.8. The van der Waals surface area contributed by atoms with Gasteiger partial charge in [-0.15, -0.1) is 5.10 Å². The lowest BCUT2D eigenvalue weighted by Crippen LogP contribution is -2.47. The molecule has 1 aromatic heterocycles. The van der Waals surface area contributed by atoms with Gasteiger partial charge in [0.05, 0.1) is 18.5 Å². The Morgan fingerprint density at radius 2 is 1.91 bits per heavy atom. The molecule has 0 unspecified atom stereocenters. The first-order valence-electron chi connectivity index (χ1n) is 8.00. The molecule has 6 nitrogen and oxygen atoms in total. The van der Waals surface area contributed by atoms with Crippen molar-refractivity contribution in [1.29, 1.82) is 0 Å². The number of piperazine rings is 1. The van der Waals surface area contributed by atoms with Gasteiger partial charge in [0.15, 0.2) is 0 Å². The van der Waals surface area contributed by atoms with Gasteiger partial charge in [-0.2, -0.15) is 5.10 Å². The summed E-state index contributed by atoms with van der Waals surface area (Å²) >= 11 is 0. The predicted molar refractivity (Wildman–Crippen MR) is 90.5 cm³/mol. The average Bonchev–Trinajstić information content (AvgIpc) is 2.61. The van der Waals surface area contributed by atoms with Gasteiger partial charge in [-0.25, -0.2) is 4.98 Å². The number of ether oxygens (including phenoxy) is 1. The summed E-state index contributed by atoms with van der Waals surface area (Å²) in [5.74, 6) is 0.720. The number of aromatic nitrogens is 3. The van der Waals surface area contributed by atoms with Gasteiger partial charge in [-0.05, 0) is 12.5 Å². The molecule has 0 atom stereocenters. The van der Waals surface area contributed by atoms with Crippen LogP contribution in [0.4, 0.5) is 5.95 Å². The van der Waals surface area contributed by atoms with E-state index >= 15 is 0 Å². The van der Waals surface area contributed by atoms with Crippen molar-refractivity contribution in [1.82, 2.24) is 20.1 Å². The third kappa shape index (κ3) is 3.83. The molecule has 0 amide bonds. The van der Waals surface area contributed by atoms with Crippen LogP contribution >= 0.6 is 0 Å². The van der Waals surface area contributed by atoms with Crippen molar-refractivity contribution in [2.45, 2.75) is 6.92 Å². The minimum atomic E-state index is 0.720. The molecule has 2 heterocycles. The molecule has 1 aliphatic rings. The van der Waals surface area contributed by atoms with Crippen LogP contribution in [-0.4, -0.2) is 66.5 Å². The molecule has 0 spiro atoms. The predicted octanol–water partition coefficient (Wildman–Crippen LogP) is 1.62. The minimum Gasteiger partial charge on any atom is -0.383 e. The summed E-state index contributed by atoms with van der Waals surface area (Å²) in [6.07, 6.45) is 1.74. The van der Waals surface area contributed by atoms with Gasteiger partial charge in [-0.3, -0.25) is 4.90 Å². The maximum absolute atomic E-state index is 5.14. The molecular weight excluding hydrogens is 290 g/mol. The Morgan fingerprint density at radius 1 is 1.13 bits per heavy atom. The molecular formula is C17H23N5O. The van der Waals surface area contributed by atoms with Gasteiger partial charge in [0.1, 0.15) is 0 Å². The smallest absolute Gasteiger partial charge is 0.245 e. The van der Waals surface area contributed by atoms with Crippen molar-refractivity contribution in [3.63, 3.8) is 0 Å². The summed E-state index contributed by atoms with van der Waals surface area (Å²) in [7, 11) is 1.74. The molecule has 0 radical (unpaired) electrons. The molecule has 1 saturated heterocycles. The normalized spacial score (nSPS) is 15.8. The van der Waals surface area contributed by atoms with Crippen molar-refractivity contribution in [3.05, 3.63) is 36.0 Å². The fourth-order valence-corrected chi connectivity index (χ4v) is 2.81. The molecule has 0 aliphatic carbocycles. The zero-order chi connectivity index (χ0) is 16.1. The Labute approximate surface area is 137 Å². The van der Waals surface area contributed by atoms with Crippen LogP contribution in [0.2, 0.25) is 0 Å². The van der Waals surface area contributed by atoms with Crippen LogP contribution in [0.3, 0.4) is 0 Å². The van der Waals surface area contributed by atoms with E-state index < -0.39 is 0 Å². The fraction of sp³-hybridized carbons (Fsp3) is 0.471. The highest BCUT2D eigenvalue weighted by Crippen LogP contribution is 2.22. The minimum absolute atomic E-state index is 0.720. The molecule has 23 heavy (non-hydrogen) atoms. The highest BCUT2D eigenvalue weighted by molar-refractivity contribution is 5.63. The zero-order valence-electron chi connectivity index (χ0n) is 13.8. The summed E-state index contributed by atoms with van der Waals surface area (Å²) in [5.41, 5.74) is 3.20. The van der Waals surface area contributed by atoms with E-state index in [1.807, 2.05) is 12.1 Å². The lowest BCUT2D eigenvalue weighted by Gasteiger charge is -2.34. The van der Waals surface area contributed by atoms with Crippen LogP contribution in [0.1, 0.15) is 5.56 Å². The van der Waals surface area contributed by atoms with E-state index in [1.165, 1.54) is 5.56 Å². The summed E-state index contributed by atoms with van der Waals surface area (Å²) < 4.78 is 5.14. The summed E-state index contributed by atoms with van der Waals surface area (Å²) in [5, 5.41) is 8.39. The second-order valence-corrected chi connectivity index (χ2v) is 5.78. The van der Waals surface area contributed by atoms with E-state index in [9.17, 15) is 0 Å². The van der Waals surface area contributed by atoms with E-state index in [0.717, 1.165) is 56.5 Å². The Morgan fingerprint density at radius 3 is 2.65 bits per heavy atom. The molecule has 0 saturated carbocycles. The monoisotopic (exact) mass is 313 g/mol. The van der Waals surface area contributed by atoms with Crippen molar-refractivity contribution in [2.75, 3.05) is 51.3 Å². The second-order valence-electron chi connectivity index (χ2n) is 5.78. The third-order valence-corrected chi connectivity index (χ3v) is 4.24. The summed E-state index contributed by atoms with van der Waals surface area (Å²) in [6.45, 7) is 7.69. The largest absolute Gasteiger partial charge is 0.383 e. The maximum Gasteiger partial charge on any atom is 0.245 e. The first kappa shape index (κ1) is 15.8. The molecule has 0 N–H and O–H groups in total. The summed E-state index contributed by atoms with van der Waals surface area (Å²) in [6, 6.07) is 8.23. The number of rotatable bonds is 5. The average molecular weight is 313 g/mol. The number of anilines is 1. The Bertz CT molecular complexity index is 640. The van der Waals surface area contributed by atoms with E-state index in [4.69, 9.17) is 9.72 Å². The maximum atomic E-state index is 5.14. The van der Waals surface area contributed by atoms with Crippen LogP contribution in [0.15, 0.2) is 30.5 Å². The molecule has 122 valence electrons. The number of nitrogens with zero attached hydrogens (tertiary/aromatic N) is 5. The lowest BCUT2D eigenvalue weighted by molar-refractivity contribution is 0.143. The van der Waals surface area contributed by atoms with Gasteiger partial charge < -0.3 is 9.64 Å². The van der Waals surface area contributed by atoms with E-state index in [-0.39, 0.29) is 0 Å². The molecule has 1 aliphatic heterocycles. The first-order valence-corrected chi connectivity index (χ1v) is 8.00.